The van der Waals surface area contributed by atoms with Gasteiger partial charge >= 0.3 is 0 Å². The molecule has 30 heavy (non-hydrogen) atoms. The van der Waals surface area contributed by atoms with Crippen molar-refractivity contribution < 1.29 is 14.3 Å². The van der Waals surface area contributed by atoms with E-state index in [4.69, 9.17) is 23.2 Å². The molecule has 0 spiro atoms. The van der Waals surface area contributed by atoms with Gasteiger partial charge in [-0.15, -0.1) is 10.2 Å². The summed E-state index contributed by atoms with van der Waals surface area (Å²) >= 11 is 12.8. The standard InChI is InChI=1S/C21H17Cl2FN4O2/c1-2-18(30)27-6-8-28(9-7-27)21-13-11-15(22)14(10-12(13)20(23)25-26-21)19-16(24)4-3-5-17(19)29/h2-5,10-11,29H,1,6-9H2. The quantitative estimate of drug-likeness (QED) is 0.607. The zero-order chi connectivity index (χ0) is 21.4. The second kappa shape index (κ2) is 8.08. The summed E-state index contributed by atoms with van der Waals surface area (Å²) in [5.41, 5.74) is 0.303. The van der Waals surface area contributed by atoms with Gasteiger partial charge in [-0.2, -0.15) is 0 Å². The second-order valence-corrected chi connectivity index (χ2v) is 7.61. The summed E-state index contributed by atoms with van der Waals surface area (Å²) in [6.07, 6.45) is 1.30. The van der Waals surface area contributed by atoms with Crippen molar-refractivity contribution in [2.75, 3.05) is 31.1 Å². The van der Waals surface area contributed by atoms with Gasteiger partial charge in [0.2, 0.25) is 5.91 Å². The number of halogens is 3. The Hall–Kier alpha value is -2.90. The number of carbonyl (C=O) groups excluding carboxylic acids is 1. The number of phenols is 1. The van der Waals surface area contributed by atoms with E-state index in [9.17, 15) is 14.3 Å². The predicted molar refractivity (Wildman–Crippen MR) is 116 cm³/mol. The van der Waals surface area contributed by atoms with Crippen molar-refractivity contribution in [3.63, 3.8) is 0 Å². The van der Waals surface area contributed by atoms with E-state index in [1.54, 1.807) is 17.0 Å². The number of phenolic OH excluding ortho intramolecular Hbond substituents is 1. The van der Waals surface area contributed by atoms with Gasteiger partial charge in [0.15, 0.2) is 11.0 Å². The average molecular weight is 447 g/mol. The Morgan fingerprint density at radius 1 is 1.13 bits per heavy atom. The maximum atomic E-state index is 14.4. The topological polar surface area (TPSA) is 69.6 Å². The van der Waals surface area contributed by atoms with Crippen LogP contribution in [0.5, 0.6) is 5.75 Å². The molecule has 1 amide bonds. The van der Waals surface area contributed by atoms with Crippen LogP contribution in [0.15, 0.2) is 43.0 Å². The highest BCUT2D eigenvalue weighted by molar-refractivity contribution is 6.37. The molecule has 0 radical (unpaired) electrons. The summed E-state index contributed by atoms with van der Waals surface area (Å²) in [6, 6.07) is 7.30. The number of nitrogens with zero attached hydrogens (tertiary/aromatic N) is 4. The highest BCUT2D eigenvalue weighted by Crippen LogP contribution is 2.41. The number of rotatable bonds is 3. The summed E-state index contributed by atoms with van der Waals surface area (Å²) in [6.45, 7) is 5.66. The molecule has 0 aliphatic carbocycles. The predicted octanol–water partition coefficient (Wildman–Crippen LogP) is 4.28. The van der Waals surface area contributed by atoms with E-state index in [-0.39, 0.29) is 27.4 Å². The Bertz CT molecular complexity index is 1140. The van der Waals surface area contributed by atoms with Crippen molar-refractivity contribution in [1.82, 2.24) is 15.1 Å². The van der Waals surface area contributed by atoms with Crippen LogP contribution in [0.1, 0.15) is 0 Å². The van der Waals surface area contributed by atoms with E-state index in [0.29, 0.717) is 48.3 Å². The molecule has 0 saturated carbocycles. The largest absolute Gasteiger partial charge is 0.507 e. The number of amides is 1. The van der Waals surface area contributed by atoms with Gasteiger partial charge in [-0.1, -0.05) is 35.8 Å². The van der Waals surface area contributed by atoms with E-state index < -0.39 is 5.82 Å². The smallest absolute Gasteiger partial charge is 0.246 e. The molecule has 0 bridgehead atoms. The Kier molecular flexibility index (Phi) is 5.49. The van der Waals surface area contributed by atoms with Crippen LogP contribution in [0.25, 0.3) is 21.9 Å². The van der Waals surface area contributed by atoms with Gasteiger partial charge < -0.3 is 14.9 Å². The first kappa shape index (κ1) is 20.4. The molecular formula is C21H17Cl2FN4O2. The summed E-state index contributed by atoms with van der Waals surface area (Å²) in [7, 11) is 0. The third-order valence-electron chi connectivity index (χ3n) is 5.13. The highest BCUT2D eigenvalue weighted by atomic mass is 35.5. The molecular weight excluding hydrogens is 430 g/mol. The van der Waals surface area contributed by atoms with Crippen LogP contribution in [0.4, 0.5) is 10.2 Å². The van der Waals surface area contributed by atoms with E-state index >= 15 is 0 Å². The fraction of sp³-hybridized carbons (Fsp3) is 0.190. The molecule has 0 atom stereocenters. The van der Waals surface area contributed by atoms with Crippen molar-refractivity contribution in [2.24, 2.45) is 0 Å². The van der Waals surface area contributed by atoms with Crippen LogP contribution in [0.3, 0.4) is 0 Å². The first-order valence-electron chi connectivity index (χ1n) is 9.20. The number of piperazine rings is 1. The van der Waals surface area contributed by atoms with E-state index in [1.165, 1.54) is 24.3 Å². The zero-order valence-corrected chi connectivity index (χ0v) is 17.3. The van der Waals surface area contributed by atoms with Crippen LogP contribution in [0.2, 0.25) is 10.2 Å². The minimum Gasteiger partial charge on any atom is -0.507 e. The van der Waals surface area contributed by atoms with E-state index in [1.807, 2.05) is 4.90 Å². The van der Waals surface area contributed by atoms with Crippen LogP contribution in [-0.4, -0.2) is 52.3 Å². The summed E-state index contributed by atoms with van der Waals surface area (Å²) < 4.78 is 14.4. The molecule has 1 N–H and O–H groups in total. The van der Waals surface area contributed by atoms with Gasteiger partial charge in [0.1, 0.15) is 11.6 Å². The highest BCUT2D eigenvalue weighted by Gasteiger charge is 2.24. The molecule has 6 nitrogen and oxygen atoms in total. The maximum Gasteiger partial charge on any atom is 0.246 e. The Balaban J connectivity index is 1.78. The molecule has 2 aromatic carbocycles. The number of aromatic nitrogens is 2. The Morgan fingerprint density at radius 2 is 1.87 bits per heavy atom. The summed E-state index contributed by atoms with van der Waals surface area (Å²) in [4.78, 5) is 15.5. The molecule has 4 rings (SSSR count). The van der Waals surface area contributed by atoms with Gasteiger partial charge in [0.25, 0.3) is 0 Å². The number of hydrogen-bond donors (Lipinski definition) is 1. The minimum absolute atomic E-state index is 0.00428. The number of fused-ring (bicyclic) bond motifs is 1. The summed E-state index contributed by atoms with van der Waals surface area (Å²) in [5.74, 6) is -0.361. The molecule has 1 aromatic heterocycles. The lowest BCUT2D eigenvalue weighted by atomic mass is 10.0. The number of aromatic hydroxyl groups is 1. The first-order chi connectivity index (χ1) is 14.4. The normalized spacial score (nSPS) is 14.2. The molecule has 1 fully saturated rings. The van der Waals surface area contributed by atoms with Crippen LogP contribution >= 0.6 is 23.2 Å². The van der Waals surface area contributed by atoms with Crippen LogP contribution < -0.4 is 4.90 Å². The first-order valence-corrected chi connectivity index (χ1v) is 9.96. The molecule has 3 aromatic rings. The fourth-order valence-corrected chi connectivity index (χ4v) is 4.05. The average Bonchev–Trinajstić information content (AvgIpc) is 2.74. The van der Waals surface area contributed by atoms with Crippen molar-refractivity contribution in [1.29, 1.82) is 0 Å². The third kappa shape index (κ3) is 3.55. The molecule has 1 aliphatic rings. The van der Waals surface area contributed by atoms with Gasteiger partial charge in [0.05, 0.1) is 5.56 Å². The number of carbonyl (C=O) groups is 1. The number of hydrogen-bond acceptors (Lipinski definition) is 5. The molecule has 0 unspecified atom stereocenters. The third-order valence-corrected chi connectivity index (χ3v) is 5.72. The molecule has 154 valence electrons. The molecule has 2 heterocycles. The van der Waals surface area contributed by atoms with Gasteiger partial charge in [-0.3, -0.25) is 4.79 Å². The van der Waals surface area contributed by atoms with Gasteiger partial charge in [-0.25, -0.2) is 4.39 Å². The number of benzene rings is 2. The minimum atomic E-state index is -0.599. The van der Waals surface area contributed by atoms with E-state index in [0.717, 1.165) is 0 Å². The molecule has 1 aliphatic heterocycles. The van der Waals surface area contributed by atoms with Crippen LogP contribution in [0, 0.1) is 5.82 Å². The Morgan fingerprint density at radius 3 is 2.53 bits per heavy atom. The molecule has 1 saturated heterocycles. The van der Waals surface area contributed by atoms with Gasteiger partial charge in [0, 0.05) is 47.5 Å². The number of anilines is 1. The van der Waals surface area contributed by atoms with Crippen molar-refractivity contribution in [3.05, 3.63) is 59.0 Å². The lowest BCUT2D eigenvalue weighted by Gasteiger charge is -2.35. The zero-order valence-electron chi connectivity index (χ0n) is 15.8. The van der Waals surface area contributed by atoms with Crippen molar-refractivity contribution in [2.45, 2.75) is 0 Å². The Labute approximate surface area is 182 Å². The SMILES string of the molecule is C=CC(=O)N1CCN(c2nnc(Cl)c3cc(-c4c(O)cccc4F)c(Cl)cc23)CC1. The van der Waals surface area contributed by atoms with E-state index in [2.05, 4.69) is 16.8 Å². The monoisotopic (exact) mass is 446 g/mol. The second-order valence-electron chi connectivity index (χ2n) is 6.84. The fourth-order valence-electron chi connectivity index (χ4n) is 3.60. The van der Waals surface area contributed by atoms with Crippen molar-refractivity contribution in [3.8, 4) is 16.9 Å². The summed E-state index contributed by atoms with van der Waals surface area (Å²) in [5, 5.41) is 20.0. The maximum absolute atomic E-state index is 14.4. The van der Waals surface area contributed by atoms with Gasteiger partial charge in [-0.05, 0) is 30.3 Å². The molecule has 9 heteroatoms. The lowest BCUT2D eigenvalue weighted by Crippen LogP contribution is -2.48. The van der Waals surface area contributed by atoms with Crippen LogP contribution in [-0.2, 0) is 4.79 Å². The lowest BCUT2D eigenvalue weighted by molar-refractivity contribution is -0.126. The van der Waals surface area contributed by atoms with Crippen molar-refractivity contribution >= 4 is 45.7 Å².